The van der Waals surface area contributed by atoms with Crippen LogP contribution in [0.25, 0.3) is 16.6 Å². The molecule has 3 aromatic carbocycles. The van der Waals surface area contributed by atoms with Gasteiger partial charge >= 0.3 is 0 Å². The second-order valence-electron chi connectivity index (χ2n) is 10.6. The van der Waals surface area contributed by atoms with Crippen molar-refractivity contribution in [3.8, 4) is 11.4 Å². The SMILES string of the molecule is OCCc1cn(-c2ccc3ncnc(Nc4ccc(OCc5cccc(F)c5)c(Cl)c4)c3c2)cc1CN1CCCCC1. The second-order valence-corrected chi connectivity index (χ2v) is 11.0. The molecule has 5 aromatic rings. The van der Waals surface area contributed by atoms with Crippen molar-refractivity contribution in [2.75, 3.05) is 25.0 Å². The number of halogens is 2. The van der Waals surface area contributed by atoms with Crippen molar-refractivity contribution in [3.05, 3.63) is 107 Å². The molecule has 0 saturated carbocycles. The predicted octanol–water partition coefficient (Wildman–Crippen LogP) is 7.06. The summed E-state index contributed by atoms with van der Waals surface area (Å²) < 4.78 is 21.4. The Hall–Kier alpha value is -3.98. The average Bonchev–Trinajstić information content (AvgIpc) is 3.39. The van der Waals surface area contributed by atoms with E-state index in [9.17, 15) is 9.50 Å². The molecule has 0 bridgehead atoms. The van der Waals surface area contributed by atoms with Gasteiger partial charge in [-0.15, -0.1) is 0 Å². The fraction of sp³-hybridized carbons (Fsp3) is 0.273. The molecule has 1 aliphatic heterocycles. The van der Waals surface area contributed by atoms with E-state index in [-0.39, 0.29) is 19.0 Å². The van der Waals surface area contributed by atoms with Gasteiger partial charge in [0.2, 0.25) is 0 Å². The van der Waals surface area contributed by atoms with E-state index in [4.69, 9.17) is 16.3 Å². The molecule has 1 saturated heterocycles. The third-order valence-electron chi connectivity index (χ3n) is 7.62. The van der Waals surface area contributed by atoms with E-state index in [1.54, 1.807) is 24.3 Å². The fourth-order valence-corrected chi connectivity index (χ4v) is 5.69. The van der Waals surface area contributed by atoms with Gasteiger partial charge < -0.3 is 19.7 Å². The third kappa shape index (κ3) is 6.57. The van der Waals surface area contributed by atoms with Gasteiger partial charge in [0.25, 0.3) is 0 Å². The van der Waals surface area contributed by atoms with E-state index < -0.39 is 0 Å². The van der Waals surface area contributed by atoms with Gasteiger partial charge in [-0.05, 0) is 97.6 Å². The van der Waals surface area contributed by atoms with Crippen LogP contribution in [0, 0.1) is 5.82 Å². The Labute approximate surface area is 249 Å². The van der Waals surface area contributed by atoms with E-state index >= 15 is 0 Å². The Morgan fingerprint density at radius 1 is 0.952 bits per heavy atom. The highest BCUT2D eigenvalue weighted by molar-refractivity contribution is 6.32. The summed E-state index contributed by atoms with van der Waals surface area (Å²) in [5.74, 6) is 0.859. The molecule has 3 heterocycles. The monoisotopic (exact) mass is 585 g/mol. The van der Waals surface area contributed by atoms with E-state index in [1.807, 2.05) is 18.2 Å². The highest BCUT2D eigenvalue weighted by Gasteiger charge is 2.16. The lowest BCUT2D eigenvalue weighted by molar-refractivity contribution is 0.220. The van der Waals surface area contributed by atoms with Crippen molar-refractivity contribution < 1.29 is 14.2 Å². The quantitative estimate of drug-likeness (QED) is 0.183. The molecule has 6 rings (SSSR count). The fourth-order valence-electron chi connectivity index (χ4n) is 5.46. The number of likely N-dealkylation sites (tertiary alicyclic amines) is 1. The minimum atomic E-state index is -0.303. The first-order valence-electron chi connectivity index (χ1n) is 14.3. The molecule has 1 aliphatic rings. The number of hydrogen-bond donors (Lipinski definition) is 2. The standard InChI is InChI=1S/C33H33ClFN5O2/c34-30-16-27(7-10-32(30)42-21-23-5-4-6-26(35)15-23)38-33-29-17-28(8-9-31(29)36-22-37-33)40-19-24(11-14-41)25(20-40)18-39-12-2-1-3-13-39/h4-10,15-17,19-20,22,41H,1-3,11-14,18,21H2,(H,36,37,38). The number of ether oxygens (including phenoxy) is 1. The minimum absolute atomic E-state index is 0.119. The molecule has 7 nitrogen and oxygen atoms in total. The van der Waals surface area contributed by atoms with Crippen molar-refractivity contribution in [2.24, 2.45) is 0 Å². The van der Waals surface area contributed by atoms with Crippen molar-refractivity contribution in [1.29, 1.82) is 0 Å². The van der Waals surface area contributed by atoms with Crippen molar-refractivity contribution in [1.82, 2.24) is 19.4 Å². The maximum absolute atomic E-state index is 13.5. The molecule has 1 fully saturated rings. The number of aliphatic hydroxyl groups excluding tert-OH is 1. The number of benzene rings is 3. The zero-order valence-electron chi connectivity index (χ0n) is 23.3. The van der Waals surface area contributed by atoms with Crippen LogP contribution in [0.4, 0.5) is 15.9 Å². The van der Waals surface area contributed by atoms with Crippen LogP contribution < -0.4 is 10.1 Å². The Balaban J connectivity index is 1.23. The van der Waals surface area contributed by atoms with Crippen LogP contribution in [0.15, 0.2) is 79.4 Å². The highest BCUT2D eigenvalue weighted by atomic mass is 35.5. The van der Waals surface area contributed by atoms with E-state index in [1.165, 1.54) is 48.8 Å². The van der Waals surface area contributed by atoms with Crippen LogP contribution in [-0.4, -0.2) is 44.2 Å². The van der Waals surface area contributed by atoms with Crippen molar-refractivity contribution in [2.45, 2.75) is 38.8 Å². The van der Waals surface area contributed by atoms with Crippen LogP contribution in [0.5, 0.6) is 5.75 Å². The molecular weight excluding hydrogens is 553 g/mol. The molecule has 0 amide bonds. The Morgan fingerprint density at radius 2 is 1.81 bits per heavy atom. The lowest BCUT2D eigenvalue weighted by Gasteiger charge is -2.26. The third-order valence-corrected chi connectivity index (χ3v) is 7.92. The number of hydrogen-bond acceptors (Lipinski definition) is 6. The van der Waals surface area contributed by atoms with Crippen LogP contribution in [0.3, 0.4) is 0 Å². The molecule has 42 heavy (non-hydrogen) atoms. The summed E-state index contributed by atoms with van der Waals surface area (Å²) in [5.41, 5.74) is 5.69. The van der Waals surface area contributed by atoms with Crippen LogP contribution in [-0.2, 0) is 19.6 Å². The van der Waals surface area contributed by atoms with E-state index in [0.717, 1.165) is 47.5 Å². The van der Waals surface area contributed by atoms with Gasteiger partial charge in [-0.3, -0.25) is 4.90 Å². The van der Waals surface area contributed by atoms with Gasteiger partial charge in [-0.1, -0.05) is 30.2 Å². The second kappa shape index (κ2) is 12.9. The van der Waals surface area contributed by atoms with Gasteiger partial charge in [-0.25, -0.2) is 14.4 Å². The largest absolute Gasteiger partial charge is 0.487 e. The topological polar surface area (TPSA) is 75.4 Å². The summed E-state index contributed by atoms with van der Waals surface area (Å²) in [6.45, 7) is 3.47. The lowest BCUT2D eigenvalue weighted by Crippen LogP contribution is -2.29. The van der Waals surface area contributed by atoms with Crippen LogP contribution >= 0.6 is 11.6 Å². The number of nitrogens with zero attached hydrogens (tertiary/aromatic N) is 4. The first kappa shape index (κ1) is 28.2. The van der Waals surface area contributed by atoms with E-state index in [2.05, 4.69) is 43.2 Å². The summed E-state index contributed by atoms with van der Waals surface area (Å²) in [5, 5.41) is 14.4. The molecular formula is C33H33ClFN5O2. The maximum atomic E-state index is 13.5. The number of piperidine rings is 1. The normalized spacial score (nSPS) is 13.9. The minimum Gasteiger partial charge on any atom is -0.487 e. The molecule has 0 spiro atoms. The van der Waals surface area contributed by atoms with Gasteiger partial charge in [0, 0.05) is 42.3 Å². The Bertz CT molecular complexity index is 1680. The van der Waals surface area contributed by atoms with Gasteiger partial charge in [0.1, 0.15) is 30.3 Å². The molecule has 0 radical (unpaired) electrons. The lowest BCUT2D eigenvalue weighted by atomic mass is 10.1. The highest BCUT2D eigenvalue weighted by Crippen LogP contribution is 2.32. The zero-order chi connectivity index (χ0) is 28.9. The summed E-state index contributed by atoms with van der Waals surface area (Å²) in [4.78, 5) is 11.5. The molecule has 0 unspecified atom stereocenters. The number of fused-ring (bicyclic) bond motifs is 1. The first-order valence-corrected chi connectivity index (χ1v) is 14.7. The van der Waals surface area contributed by atoms with Gasteiger partial charge in [-0.2, -0.15) is 0 Å². The van der Waals surface area contributed by atoms with Gasteiger partial charge in [0.05, 0.1) is 10.5 Å². The molecule has 9 heteroatoms. The number of aliphatic hydroxyl groups is 1. The predicted molar refractivity (Wildman–Crippen MR) is 164 cm³/mol. The molecule has 216 valence electrons. The average molecular weight is 586 g/mol. The number of nitrogens with one attached hydrogen (secondary N) is 1. The first-order chi connectivity index (χ1) is 20.6. The molecule has 2 N–H and O–H groups in total. The number of aromatic nitrogens is 3. The molecule has 0 atom stereocenters. The number of anilines is 2. The van der Waals surface area contributed by atoms with Crippen LogP contribution in [0.1, 0.15) is 36.0 Å². The molecule has 2 aromatic heterocycles. The summed E-state index contributed by atoms with van der Waals surface area (Å²) in [7, 11) is 0. The molecule has 0 aliphatic carbocycles. The van der Waals surface area contributed by atoms with Crippen molar-refractivity contribution >= 4 is 34.0 Å². The number of rotatable bonds is 10. The summed E-state index contributed by atoms with van der Waals surface area (Å²) >= 11 is 6.53. The van der Waals surface area contributed by atoms with Crippen LogP contribution in [0.2, 0.25) is 5.02 Å². The van der Waals surface area contributed by atoms with Gasteiger partial charge in [0.15, 0.2) is 0 Å². The van der Waals surface area contributed by atoms with E-state index in [0.29, 0.717) is 23.0 Å². The zero-order valence-corrected chi connectivity index (χ0v) is 24.0. The smallest absolute Gasteiger partial charge is 0.141 e. The van der Waals surface area contributed by atoms with Crippen molar-refractivity contribution in [3.63, 3.8) is 0 Å². The Morgan fingerprint density at radius 3 is 2.62 bits per heavy atom. The Kier molecular flexibility index (Phi) is 8.65. The maximum Gasteiger partial charge on any atom is 0.141 e. The summed E-state index contributed by atoms with van der Waals surface area (Å²) in [6, 6.07) is 17.8. The summed E-state index contributed by atoms with van der Waals surface area (Å²) in [6.07, 6.45) is 10.3.